The minimum atomic E-state index is 0.605. The molecule has 1 unspecified atom stereocenters. The fraction of sp³-hybridized carbons (Fsp3) is 0.556. The van der Waals surface area contributed by atoms with Gasteiger partial charge in [-0.1, -0.05) is 42.8 Å². The van der Waals surface area contributed by atoms with Gasteiger partial charge in [0, 0.05) is 19.1 Å². The third-order valence-corrected chi connectivity index (χ3v) is 4.05. The molecule has 0 aromatic heterocycles. The first-order chi connectivity index (χ1) is 9.70. The van der Waals surface area contributed by atoms with Gasteiger partial charge in [0.15, 0.2) is 0 Å². The first-order valence-corrected chi connectivity index (χ1v) is 7.79. The van der Waals surface area contributed by atoms with E-state index in [1.54, 1.807) is 0 Å². The topological polar surface area (TPSA) is 6.48 Å². The predicted molar refractivity (Wildman–Crippen MR) is 86.8 cm³/mol. The van der Waals surface area contributed by atoms with Crippen LogP contribution in [0.25, 0.3) is 0 Å². The lowest BCUT2D eigenvalue weighted by Crippen LogP contribution is -2.33. The van der Waals surface area contributed by atoms with Crippen LogP contribution in [0.5, 0.6) is 0 Å². The van der Waals surface area contributed by atoms with Crippen molar-refractivity contribution in [2.75, 3.05) is 27.2 Å². The summed E-state index contributed by atoms with van der Waals surface area (Å²) >= 11 is 0. The average molecular weight is 272 g/mol. The minimum absolute atomic E-state index is 0.605. The third kappa shape index (κ3) is 4.19. The second-order valence-electron chi connectivity index (χ2n) is 6.05. The van der Waals surface area contributed by atoms with Crippen molar-refractivity contribution >= 4 is 0 Å². The van der Waals surface area contributed by atoms with Crippen molar-refractivity contribution in [1.82, 2.24) is 9.80 Å². The maximum atomic E-state index is 2.62. The molecule has 1 aromatic rings. The molecule has 2 rings (SSSR count). The highest BCUT2D eigenvalue weighted by Gasteiger charge is 2.22. The molecule has 0 bridgehead atoms. The Balaban J connectivity index is 2.07. The normalized spacial score (nSPS) is 20.9. The lowest BCUT2D eigenvalue weighted by molar-refractivity contribution is 0.166. The molecule has 1 heterocycles. The number of piperidine rings is 1. The predicted octanol–water partition coefficient (Wildman–Crippen LogP) is 3.85. The van der Waals surface area contributed by atoms with Gasteiger partial charge in [-0.3, -0.25) is 4.90 Å². The van der Waals surface area contributed by atoms with Crippen molar-refractivity contribution in [3.63, 3.8) is 0 Å². The fourth-order valence-electron chi connectivity index (χ4n) is 3.04. The van der Waals surface area contributed by atoms with Gasteiger partial charge in [0.25, 0.3) is 0 Å². The zero-order valence-corrected chi connectivity index (χ0v) is 13.2. The van der Waals surface area contributed by atoms with Gasteiger partial charge in [-0.15, -0.1) is 0 Å². The van der Waals surface area contributed by atoms with Crippen molar-refractivity contribution in [3.05, 3.63) is 47.5 Å². The molecule has 2 nitrogen and oxygen atoms in total. The summed E-state index contributed by atoms with van der Waals surface area (Å²) < 4.78 is 0. The summed E-state index contributed by atoms with van der Waals surface area (Å²) in [5, 5.41) is 0. The Bertz CT molecular complexity index is 420. The van der Waals surface area contributed by atoms with Crippen LogP contribution in [-0.4, -0.2) is 37.0 Å². The zero-order chi connectivity index (χ0) is 14.4. The quantitative estimate of drug-likeness (QED) is 0.751. The molecule has 1 atom stereocenters. The van der Waals surface area contributed by atoms with Gasteiger partial charge in [0.2, 0.25) is 0 Å². The van der Waals surface area contributed by atoms with E-state index in [1.165, 1.54) is 36.9 Å². The van der Waals surface area contributed by atoms with E-state index in [9.17, 15) is 0 Å². The molecule has 1 fully saturated rings. The summed E-state index contributed by atoms with van der Waals surface area (Å²) in [6.45, 7) is 5.44. The lowest BCUT2D eigenvalue weighted by Gasteiger charge is -2.35. The number of likely N-dealkylation sites (tertiary alicyclic amines) is 1. The fourth-order valence-corrected chi connectivity index (χ4v) is 3.04. The number of hydrogen-bond acceptors (Lipinski definition) is 2. The highest BCUT2D eigenvalue weighted by Crippen LogP contribution is 2.30. The Kier molecular flexibility index (Phi) is 5.81. The van der Waals surface area contributed by atoms with Crippen molar-refractivity contribution < 1.29 is 0 Å². The molecule has 0 N–H and O–H groups in total. The number of allylic oxidation sites excluding steroid dienone is 1. The molecule has 1 aliphatic rings. The smallest absolute Gasteiger partial charge is 0.0351 e. The maximum absolute atomic E-state index is 2.62. The van der Waals surface area contributed by atoms with E-state index in [4.69, 9.17) is 0 Å². The van der Waals surface area contributed by atoms with Gasteiger partial charge >= 0.3 is 0 Å². The van der Waals surface area contributed by atoms with E-state index in [2.05, 4.69) is 67.2 Å². The summed E-state index contributed by atoms with van der Waals surface area (Å²) in [6, 6.07) is 9.85. The van der Waals surface area contributed by atoms with Crippen molar-refractivity contribution in [3.8, 4) is 0 Å². The molecule has 1 aromatic carbocycles. The van der Waals surface area contributed by atoms with Crippen LogP contribution in [-0.2, 0) is 6.54 Å². The van der Waals surface area contributed by atoms with Crippen LogP contribution in [0.4, 0.5) is 0 Å². The molecule has 0 spiro atoms. The summed E-state index contributed by atoms with van der Waals surface area (Å²) in [7, 11) is 4.24. The standard InChI is InChI=1S/C18H28N2/c1-4-5-13-20-14-7-6-8-18(20)17-11-9-16(10-12-17)15-19(2)3/h4-5,9-12,18H,6-8,13-15H2,1-3H3. The first-order valence-electron chi connectivity index (χ1n) is 7.79. The molecule has 0 amide bonds. The molecule has 110 valence electrons. The summed E-state index contributed by atoms with van der Waals surface area (Å²) in [6.07, 6.45) is 8.43. The van der Waals surface area contributed by atoms with E-state index in [1.807, 2.05) is 0 Å². The summed E-state index contributed by atoms with van der Waals surface area (Å²) in [5.41, 5.74) is 2.88. The van der Waals surface area contributed by atoms with Crippen molar-refractivity contribution in [1.29, 1.82) is 0 Å². The van der Waals surface area contributed by atoms with E-state index >= 15 is 0 Å². The molecular formula is C18H28N2. The number of rotatable bonds is 5. The Labute approximate surface area is 124 Å². The third-order valence-electron chi connectivity index (χ3n) is 4.05. The number of benzene rings is 1. The van der Waals surface area contributed by atoms with Crippen LogP contribution < -0.4 is 0 Å². The lowest BCUT2D eigenvalue weighted by atomic mass is 9.94. The first kappa shape index (κ1) is 15.3. The number of nitrogens with zero attached hydrogens (tertiary/aromatic N) is 2. The maximum Gasteiger partial charge on any atom is 0.0351 e. The Hall–Kier alpha value is -1.12. The van der Waals surface area contributed by atoms with Crippen molar-refractivity contribution in [2.45, 2.75) is 38.8 Å². The Morgan fingerprint density at radius 1 is 1.20 bits per heavy atom. The molecule has 20 heavy (non-hydrogen) atoms. The summed E-state index contributed by atoms with van der Waals surface area (Å²) in [5.74, 6) is 0. The van der Waals surface area contributed by atoms with E-state index < -0.39 is 0 Å². The molecule has 2 heteroatoms. The highest BCUT2D eigenvalue weighted by molar-refractivity contribution is 5.25. The van der Waals surface area contributed by atoms with Gasteiger partial charge in [0.05, 0.1) is 0 Å². The van der Waals surface area contributed by atoms with Crippen LogP contribution >= 0.6 is 0 Å². The Morgan fingerprint density at radius 3 is 2.60 bits per heavy atom. The van der Waals surface area contributed by atoms with Crippen LogP contribution in [0.15, 0.2) is 36.4 Å². The van der Waals surface area contributed by atoms with Crippen LogP contribution in [0, 0.1) is 0 Å². The summed E-state index contributed by atoms with van der Waals surface area (Å²) in [4.78, 5) is 4.83. The van der Waals surface area contributed by atoms with Gasteiger partial charge < -0.3 is 4.90 Å². The molecule has 0 aliphatic carbocycles. The second kappa shape index (κ2) is 7.61. The van der Waals surface area contributed by atoms with Crippen molar-refractivity contribution in [2.24, 2.45) is 0 Å². The highest BCUT2D eigenvalue weighted by atomic mass is 15.2. The van der Waals surface area contributed by atoms with E-state index in [0.29, 0.717) is 6.04 Å². The molecule has 1 saturated heterocycles. The number of hydrogen-bond donors (Lipinski definition) is 0. The van der Waals surface area contributed by atoms with Crippen LogP contribution in [0.1, 0.15) is 43.4 Å². The zero-order valence-electron chi connectivity index (χ0n) is 13.2. The van der Waals surface area contributed by atoms with Gasteiger partial charge in [0.1, 0.15) is 0 Å². The minimum Gasteiger partial charge on any atom is -0.305 e. The molecule has 0 radical (unpaired) electrons. The molecule has 0 saturated carbocycles. The SMILES string of the molecule is CC=CCN1CCCCC1c1ccc(CN(C)C)cc1. The molecular weight excluding hydrogens is 244 g/mol. The Morgan fingerprint density at radius 2 is 1.95 bits per heavy atom. The monoisotopic (exact) mass is 272 g/mol. The van der Waals surface area contributed by atoms with Gasteiger partial charge in [-0.2, -0.15) is 0 Å². The largest absolute Gasteiger partial charge is 0.305 e. The van der Waals surface area contributed by atoms with Gasteiger partial charge in [-0.05, 0) is 51.5 Å². The average Bonchev–Trinajstić information content (AvgIpc) is 2.46. The van der Waals surface area contributed by atoms with E-state index in [0.717, 1.165) is 13.1 Å². The second-order valence-corrected chi connectivity index (χ2v) is 6.05. The van der Waals surface area contributed by atoms with Gasteiger partial charge in [-0.25, -0.2) is 0 Å². The van der Waals surface area contributed by atoms with Crippen LogP contribution in [0.2, 0.25) is 0 Å². The molecule has 1 aliphatic heterocycles. The van der Waals surface area contributed by atoms with Crippen LogP contribution in [0.3, 0.4) is 0 Å². The van der Waals surface area contributed by atoms with E-state index in [-0.39, 0.29) is 0 Å².